The van der Waals surface area contributed by atoms with Gasteiger partial charge in [0.1, 0.15) is 0 Å². The molecule has 0 aliphatic heterocycles. The average molecular weight is 297 g/mol. The molecule has 4 nitrogen and oxygen atoms in total. The lowest BCUT2D eigenvalue weighted by molar-refractivity contribution is 0.0948. The summed E-state index contributed by atoms with van der Waals surface area (Å²) in [6.45, 7) is 2.11. The fourth-order valence-electron chi connectivity index (χ4n) is 1.86. The summed E-state index contributed by atoms with van der Waals surface area (Å²) in [6.07, 6.45) is 0.457. The summed E-state index contributed by atoms with van der Waals surface area (Å²) in [6, 6.07) is 3.49. The van der Waals surface area contributed by atoms with E-state index in [1.54, 1.807) is 11.7 Å². The lowest BCUT2D eigenvalue weighted by Gasteiger charge is -2.06. The first-order valence-corrected chi connectivity index (χ1v) is 6.31. The minimum absolute atomic E-state index is 0.216. The number of carbonyl (C=O) groups excluding carboxylic acids is 1. The van der Waals surface area contributed by atoms with Crippen molar-refractivity contribution in [3.05, 3.63) is 52.6 Å². The Morgan fingerprint density at radius 2 is 2.00 bits per heavy atom. The number of halogens is 3. The first kappa shape index (κ1) is 15.1. The quantitative estimate of drug-likeness (QED) is 0.879. The molecule has 0 radical (unpaired) electrons. The number of nitrogens with zero attached hydrogens (tertiary/aromatic N) is 2. The van der Waals surface area contributed by atoms with E-state index in [0.29, 0.717) is 6.42 Å². The Labute approximate surface area is 119 Å². The zero-order chi connectivity index (χ0) is 15.6. The highest BCUT2D eigenvalue weighted by molar-refractivity contribution is 5.94. The number of hydrogen-bond donors (Lipinski definition) is 1. The van der Waals surface area contributed by atoms with Gasteiger partial charge in [0.15, 0.2) is 17.5 Å². The lowest BCUT2D eigenvalue weighted by atomic mass is 10.2. The van der Waals surface area contributed by atoms with Crippen molar-refractivity contribution in [2.75, 3.05) is 6.54 Å². The predicted molar refractivity (Wildman–Crippen MR) is 70.3 cm³/mol. The molecule has 0 unspecified atom stereocenters. The highest BCUT2D eigenvalue weighted by Gasteiger charge is 2.18. The maximum atomic E-state index is 13.4. The van der Waals surface area contributed by atoms with Gasteiger partial charge in [0.05, 0.1) is 11.3 Å². The van der Waals surface area contributed by atoms with Gasteiger partial charge in [-0.1, -0.05) is 0 Å². The average Bonchev–Trinajstić information content (AvgIpc) is 2.75. The molecule has 7 heteroatoms. The molecule has 1 N–H and O–H groups in total. The number of nitrogens with one attached hydrogen (secondary N) is 1. The van der Waals surface area contributed by atoms with E-state index < -0.39 is 28.9 Å². The fraction of sp³-hybridized carbons (Fsp3) is 0.286. The van der Waals surface area contributed by atoms with Crippen molar-refractivity contribution >= 4 is 5.91 Å². The second-order valence-corrected chi connectivity index (χ2v) is 4.63. The third-order valence-electron chi connectivity index (χ3n) is 3.11. The van der Waals surface area contributed by atoms with Crippen LogP contribution in [0.5, 0.6) is 0 Å². The van der Waals surface area contributed by atoms with Crippen LogP contribution in [0.15, 0.2) is 18.2 Å². The predicted octanol–water partition coefficient (Wildman–Crippen LogP) is 2.12. The first-order chi connectivity index (χ1) is 9.90. The highest BCUT2D eigenvalue weighted by atomic mass is 19.2. The summed E-state index contributed by atoms with van der Waals surface area (Å²) < 4.78 is 41.0. The molecule has 1 amide bonds. The van der Waals surface area contributed by atoms with Crippen molar-refractivity contribution in [1.82, 2.24) is 15.1 Å². The van der Waals surface area contributed by atoms with Crippen LogP contribution in [-0.4, -0.2) is 22.2 Å². The lowest BCUT2D eigenvalue weighted by Crippen LogP contribution is -2.27. The van der Waals surface area contributed by atoms with Gasteiger partial charge in [-0.25, -0.2) is 13.2 Å². The molecule has 2 aromatic rings. The van der Waals surface area contributed by atoms with Crippen molar-refractivity contribution in [3.8, 4) is 0 Å². The van der Waals surface area contributed by atoms with Crippen molar-refractivity contribution in [1.29, 1.82) is 0 Å². The van der Waals surface area contributed by atoms with Crippen LogP contribution in [0, 0.1) is 24.4 Å². The summed E-state index contributed by atoms with van der Waals surface area (Å²) in [5.74, 6) is -5.25. The smallest absolute Gasteiger partial charge is 0.254 e. The number of hydrogen-bond acceptors (Lipinski definition) is 2. The fourth-order valence-corrected chi connectivity index (χ4v) is 1.86. The standard InChI is InChI=1S/C14H14F3N3O/c1-8-7-9(19-20(8)2)5-6-18-14(21)10-3-4-11(15)13(17)12(10)16/h3-4,7H,5-6H2,1-2H3,(H,18,21). The molecule has 1 aromatic carbocycles. The molecular formula is C14H14F3N3O. The minimum atomic E-state index is -1.65. The molecular weight excluding hydrogens is 283 g/mol. The van der Waals surface area contributed by atoms with Gasteiger partial charge in [-0.05, 0) is 25.1 Å². The van der Waals surface area contributed by atoms with E-state index in [9.17, 15) is 18.0 Å². The van der Waals surface area contributed by atoms with E-state index in [2.05, 4.69) is 10.4 Å². The number of carbonyl (C=O) groups is 1. The summed E-state index contributed by atoms with van der Waals surface area (Å²) in [7, 11) is 1.80. The van der Waals surface area contributed by atoms with E-state index in [1.165, 1.54) is 0 Å². The molecule has 0 spiro atoms. The van der Waals surface area contributed by atoms with Crippen molar-refractivity contribution < 1.29 is 18.0 Å². The second-order valence-electron chi connectivity index (χ2n) is 4.63. The molecule has 0 saturated heterocycles. The van der Waals surface area contributed by atoms with Crippen LogP contribution < -0.4 is 5.32 Å². The molecule has 2 rings (SSSR count). The Morgan fingerprint density at radius 3 is 2.62 bits per heavy atom. The molecule has 0 aliphatic rings. The van der Waals surface area contributed by atoms with Crippen LogP contribution in [0.3, 0.4) is 0 Å². The summed E-state index contributed by atoms with van der Waals surface area (Å²) in [5.41, 5.74) is 1.23. The topological polar surface area (TPSA) is 46.9 Å². The molecule has 112 valence electrons. The number of aromatic nitrogens is 2. The van der Waals surface area contributed by atoms with Crippen LogP contribution in [0.1, 0.15) is 21.7 Å². The number of rotatable bonds is 4. The number of benzene rings is 1. The van der Waals surface area contributed by atoms with Crippen molar-refractivity contribution in [2.24, 2.45) is 7.05 Å². The van der Waals surface area contributed by atoms with Gasteiger partial charge in [0, 0.05) is 25.7 Å². The maximum Gasteiger partial charge on any atom is 0.254 e. The summed E-state index contributed by atoms with van der Waals surface area (Å²) >= 11 is 0. The molecule has 1 heterocycles. The molecule has 0 atom stereocenters. The van der Waals surface area contributed by atoms with Gasteiger partial charge in [-0.15, -0.1) is 0 Å². The molecule has 1 aromatic heterocycles. The Morgan fingerprint density at radius 1 is 1.29 bits per heavy atom. The SMILES string of the molecule is Cc1cc(CCNC(=O)c2ccc(F)c(F)c2F)nn1C. The molecule has 21 heavy (non-hydrogen) atoms. The van der Waals surface area contributed by atoms with E-state index in [-0.39, 0.29) is 6.54 Å². The Balaban J connectivity index is 1.98. The Hall–Kier alpha value is -2.31. The van der Waals surface area contributed by atoms with Crippen molar-refractivity contribution in [3.63, 3.8) is 0 Å². The van der Waals surface area contributed by atoms with Gasteiger partial charge in [0.25, 0.3) is 5.91 Å². The van der Waals surface area contributed by atoms with Gasteiger partial charge in [-0.2, -0.15) is 5.10 Å². The molecule has 0 bridgehead atoms. The van der Waals surface area contributed by atoms with E-state index in [4.69, 9.17) is 0 Å². The Kier molecular flexibility index (Phi) is 4.30. The third-order valence-corrected chi connectivity index (χ3v) is 3.11. The van der Waals surface area contributed by atoms with E-state index in [0.717, 1.165) is 23.5 Å². The van der Waals surface area contributed by atoms with Crippen LogP contribution in [0.4, 0.5) is 13.2 Å². The van der Waals surface area contributed by atoms with Gasteiger partial charge in [-0.3, -0.25) is 9.48 Å². The van der Waals surface area contributed by atoms with Crippen LogP contribution in [0.25, 0.3) is 0 Å². The number of aryl methyl sites for hydroxylation is 2. The third kappa shape index (κ3) is 3.24. The first-order valence-electron chi connectivity index (χ1n) is 6.31. The van der Waals surface area contributed by atoms with Crippen LogP contribution in [-0.2, 0) is 13.5 Å². The molecule has 0 aliphatic carbocycles. The minimum Gasteiger partial charge on any atom is -0.352 e. The second kappa shape index (κ2) is 5.99. The van der Waals surface area contributed by atoms with Gasteiger partial charge >= 0.3 is 0 Å². The zero-order valence-electron chi connectivity index (χ0n) is 11.6. The van der Waals surface area contributed by atoms with E-state index >= 15 is 0 Å². The maximum absolute atomic E-state index is 13.4. The largest absolute Gasteiger partial charge is 0.352 e. The van der Waals surface area contributed by atoms with E-state index in [1.807, 2.05) is 13.0 Å². The van der Waals surface area contributed by atoms with Crippen LogP contribution >= 0.6 is 0 Å². The summed E-state index contributed by atoms with van der Waals surface area (Å²) in [4.78, 5) is 11.7. The van der Waals surface area contributed by atoms with Crippen LogP contribution in [0.2, 0.25) is 0 Å². The normalized spacial score (nSPS) is 10.7. The van der Waals surface area contributed by atoms with Gasteiger partial charge in [0.2, 0.25) is 0 Å². The molecule has 0 saturated carbocycles. The monoisotopic (exact) mass is 297 g/mol. The summed E-state index contributed by atoms with van der Waals surface area (Å²) in [5, 5.41) is 6.65. The highest BCUT2D eigenvalue weighted by Crippen LogP contribution is 2.15. The van der Waals surface area contributed by atoms with Gasteiger partial charge < -0.3 is 5.32 Å². The zero-order valence-corrected chi connectivity index (χ0v) is 11.6. The molecule has 0 fully saturated rings. The number of amides is 1. The Bertz CT molecular complexity index is 663. The van der Waals surface area contributed by atoms with Crippen molar-refractivity contribution in [2.45, 2.75) is 13.3 Å².